The van der Waals surface area contributed by atoms with E-state index in [1.807, 2.05) is 0 Å². The molecule has 1 aromatic rings. The molecule has 3 nitrogen and oxygen atoms in total. The third kappa shape index (κ3) is 6.79. The molecule has 0 spiro atoms. The van der Waals surface area contributed by atoms with Gasteiger partial charge in [0.1, 0.15) is 0 Å². The van der Waals surface area contributed by atoms with Gasteiger partial charge < -0.3 is 14.6 Å². The van der Waals surface area contributed by atoms with Crippen LogP contribution >= 0.6 is 0 Å². The van der Waals surface area contributed by atoms with Crippen molar-refractivity contribution in [1.82, 2.24) is 0 Å². The largest absolute Gasteiger partial charge is 0.416 e. The molecule has 1 aromatic carbocycles. The van der Waals surface area contributed by atoms with Crippen molar-refractivity contribution in [3.8, 4) is 0 Å². The van der Waals surface area contributed by atoms with Crippen LogP contribution in [0.2, 0.25) is 0 Å². The molecule has 0 amide bonds. The van der Waals surface area contributed by atoms with Crippen LogP contribution < -0.4 is 0 Å². The van der Waals surface area contributed by atoms with Gasteiger partial charge in [0.25, 0.3) is 5.97 Å². The maximum absolute atomic E-state index is 12.7. The van der Waals surface area contributed by atoms with Gasteiger partial charge in [-0.1, -0.05) is 6.42 Å². The Kier molecular flexibility index (Phi) is 6.85. The molecule has 0 aromatic heterocycles. The van der Waals surface area contributed by atoms with Crippen LogP contribution in [0, 0.1) is 0 Å². The van der Waals surface area contributed by atoms with Gasteiger partial charge in [0.05, 0.1) is 11.1 Å². The average molecular weight is 376 g/mol. The standard InChI is InChI=1S/C14H18F6O3Si/c15-13(16,17)10-6-9(7-11(8-10)14(18,19)20)4-2-1-3-5-12(21,22)23-24/h6-8,21-22H,1-5H2,24H3. The summed E-state index contributed by atoms with van der Waals surface area (Å²) in [6.45, 7) is 0. The van der Waals surface area contributed by atoms with Crippen molar-refractivity contribution in [3.63, 3.8) is 0 Å². The predicted octanol–water partition coefficient (Wildman–Crippen LogP) is 2.76. The zero-order valence-corrected chi connectivity index (χ0v) is 14.8. The Hall–Kier alpha value is -1.10. The molecule has 0 fully saturated rings. The molecule has 0 aliphatic heterocycles. The maximum Gasteiger partial charge on any atom is 0.416 e. The van der Waals surface area contributed by atoms with Gasteiger partial charge in [-0.05, 0) is 43.0 Å². The van der Waals surface area contributed by atoms with E-state index in [0.717, 1.165) is 0 Å². The monoisotopic (exact) mass is 376 g/mol. The SMILES string of the molecule is OC(O)(CCCCCc1cc(C(F)(F)F)cc(C(F)(F)F)c1)O[SiH3]. The molecular formula is C14H18F6O3Si. The van der Waals surface area contributed by atoms with Crippen molar-refractivity contribution in [3.05, 3.63) is 34.9 Å². The minimum absolute atomic E-state index is 0.0264. The van der Waals surface area contributed by atoms with Gasteiger partial charge in [0.2, 0.25) is 0 Å². The zero-order chi connectivity index (χ0) is 18.6. The predicted molar refractivity (Wildman–Crippen MR) is 76.8 cm³/mol. The number of hydrogen-bond acceptors (Lipinski definition) is 3. The zero-order valence-electron chi connectivity index (χ0n) is 12.8. The van der Waals surface area contributed by atoms with Gasteiger partial charge in [0, 0.05) is 6.42 Å². The van der Waals surface area contributed by atoms with Gasteiger partial charge in [-0.15, -0.1) is 0 Å². The Morgan fingerprint density at radius 2 is 1.33 bits per heavy atom. The number of aryl methyl sites for hydroxylation is 1. The van der Waals surface area contributed by atoms with Crippen molar-refractivity contribution < 1.29 is 41.0 Å². The van der Waals surface area contributed by atoms with Crippen LogP contribution in [-0.2, 0) is 23.2 Å². The van der Waals surface area contributed by atoms with E-state index in [2.05, 4.69) is 4.43 Å². The molecule has 24 heavy (non-hydrogen) atoms. The molecule has 0 heterocycles. The van der Waals surface area contributed by atoms with Gasteiger partial charge in [-0.25, -0.2) is 0 Å². The number of rotatable bonds is 7. The summed E-state index contributed by atoms with van der Waals surface area (Å²) in [4.78, 5) is 0. The molecule has 138 valence electrons. The summed E-state index contributed by atoms with van der Waals surface area (Å²) in [5.74, 6) is -2.22. The Balaban J connectivity index is 2.74. The number of alkyl halides is 6. The summed E-state index contributed by atoms with van der Waals surface area (Å²) in [5.41, 5.74) is -2.72. The quantitative estimate of drug-likeness (QED) is 0.333. The average Bonchev–Trinajstić information content (AvgIpc) is 2.44. The summed E-state index contributed by atoms with van der Waals surface area (Å²) in [7, 11) is 0.122. The second kappa shape index (κ2) is 7.85. The number of benzene rings is 1. The molecule has 0 saturated carbocycles. The molecule has 0 unspecified atom stereocenters. The molecule has 1 rings (SSSR count). The van der Waals surface area contributed by atoms with Crippen molar-refractivity contribution in [2.24, 2.45) is 0 Å². The molecule has 2 N–H and O–H groups in total. The highest BCUT2D eigenvalue weighted by molar-refractivity contribution is 5.98. The highest BCUT2D eigenvalue weighted by Crippen LogP contribution is 2.36. The minimum atomic E-state index is -4.86. The van der Waals surface area contributed by atoms with Gasteiger partial charge in [-0.2, -0.15) is 26.3 Å². The topological polar surface area (TPSA) is 49.7 Å². The molecule has 0 saturated heterocycles. The lowest BCUT2D eigenvalue weighted by Crippen LogP contribution is -2.30. The molecule has 0 radical (unpaired) electrons. The first-order valence-corrected chi connectivity index (χ1v) is 7.95. The molecule has 0 aliphatic rings. The molecule has 0 atom stereocenters. The second-order valence-corrected chi connectivity index (χ2v) is 5.83. The highest BCUT2D eigenvalue weighted by Gasteiger charge is 2.36. The number of aliphatic hydroxyl groups is 2. The van der Waals surface area contributed by atoms with Crippen molar-refractivity contribution >= 4 is 10.5 Å². The maximum atomic E-state index is 12.7. The van der Waals surface area contributed by atoms with E-state index < -0.39 is 29.5 Å². The first kappa shape index (κ1) is 20.9. The fraction of sp³-hybridized carbons (Fsp3) is 0.571. The Bertz CT molecular complexity index is 510. The van der Waals surface area contributed by atoms with E-state index in [1.165, 1.54) is 0 Å². The summed E-state index contributed by atoms with van der Waals surface area (Å²) >= 11 is 0. The summed E-state index contributed by atoms with van der Waals surface area (Å²) in [6, 6.07) is 1.51. The van der Waals surface area contributed by atoms with Crippen LogP contribution in [-0.4, -0.2) is 26.7 Å². The number of hydrogen-bond donors (Lipinski definition) is 2. The Labute approximate surface area is 137 Å². The van der Waals surface area contributed by atoms with Crippen LogP contribution in [0.5, 0.6) is 0 Å². The fourth-order valence-corrected chi connectivity index (χ4v) is 2.33. The number of unbranched alkanes of at least 4 members (excludes halogenated alkanes) is 2. The van der Waals surface area contributed by atoms with Gasteiger partial charge in [-0.3, -0.25) is 0 Å². The minimum Gasteiger partial charge on any atom is -0.381 e. The van der Waals surface area contributed by atoms with Crippen LogP contribution in [0.3, 0.4) is 0 Å². The van der Waals surface area contributed by atoms with Crippen molar-refractivity contribution in [2.45, 2.75) is 50.4 Å². The summed E-state index contributed by atoms with van der Waals surface area (Å²) in [6.07, 6.45) is -8.72. The molecule has 0 bridgehead atoms. The van der Waals surface area contributed by atoms with Crippen LogP contribution in [0.15, 0.2) is 18.2 Å². The van der Waals surface area contributed by atoms with Crippen molar-refractivity contribution in [1.29, 1.82) is 0 Å². The highest BCUT2D eigenvalue weighted by atomic mass is 28.2. The lowest BCUT2D eigenvalue weighted by Gasteiger charge is -2.19. The van der Waals surface area contributed by atoms with E-state index in [0.29, 0.717) is 31.4 Å². The van der Waals surface area contributed by atoms with E-state index in [4.69, 9.17) is 0 Å². The lowest BCUT2D eigenvalue weighted by atomic mass is 10.00. The summed E-state index contributed by atoms with van der Waals surface area (Å²) < 4.78 is 80.8. The van der Waals surface area contributed by atoms with Gasteiger partial charge in [0.15, 0.2) is 10.5 Å². The number of halogens is 6. The normalized spacial score (nSPS) is 13.5. The van der Waals surface area contributed by atoms with Crippen LogP contribution in [0.4, 0.5) is 26.3 Å². The first-order valence-electron chi connectivity index (χ1n) is 7.13. The fourth-order valence-electron chi connectivity index (χ4n) is 2.13. The third-order valence-corrected chi connectivity index (χ3v) is 4.10. The third-order valence-electron chi connectivity index (χ3n) is 3.44. The molecular weight excluding hydrogens is 358 g/mol. The van der Waals surface area contributed by atoms with Crippen molar-refractivity contribution in [2.75, 3.05) is 0 Å². The smallest absolute Gasteiger partial charge is 0.381 e. The summed E-state index contributed by atoms with van der Waals surface area (Å²) in [5, 5.41) is 18.4. The second-order valence-electron chi connectivity index (χ2n) is 5.42. The molecule has 0 aliphatic carbocycles. The van der Waals surface area contributed by atoms with Crippen LogP contribution in [0.1, 0.15) is 42.4 Å². The van der Waals surface area contributed by atoms with E-state index >= 15 is 0 Å². The Morgan fingerprint density at radius 1 is 0.833 bits per heavy atom. The first-order chi connectivity index (χ1) is 10.8. The van der Waals surface area contributed by atoms with E-state index in [9.17, 15) is 36.6 Å². The Morgan fingerprint density at radius 3 is 1.75 bits per heavy atom. The van der Waals surface area contributed by atoms with E-state index in [1.54, 1.807) is 0 Å². The molecule has 10 heteroatoms. The van der Waals surface area contributed by atoms with Crippen LogP contribution in [0.25, 0.3) is 0 Å². The van der Waals surface area contributed by atoms with E-state index in [-0.39, 0.29) is 35.0 Å². The lowest BCUT2D eigenvalue weighted by molar-refractivity contribution is -0.295. The van der Waals surface area contributed by atoms with Gasteiger partial charge >= 0.3 is 12.4 Å².